The Kier molecular flexibility index (Phi) is 4.52. The molecule has 2 atom stereocenters. The molecule has 164 valence electrons. The highest BCUT2D eigenvalue weighted by Crippen LogP contribution is 2.60. The summed E-state index contributed by atoms with van der Waals surface area (Å²) in [6.07, 6.45) is 3.96. The van der Waals surface area contributed by atoms with Crippen molar-refractivity contribution in [2.75, 3.05) is 4.90 Å². The van der Waals surface area contributed by atoms with Crippen LogP contribution in [0.3, 0.4) is 0 Å². The summed E-state index contributed by atoms with van der Waals surface area (Å²) < 4.78 is 0. The van der Waals surface area contributed by atoms with Gasteiger partial charge in [-0.2, -0.15) is 0 Å². The van der Waals surface area contributed by atoms with Gasteiger partial charge >= 0.3 is 0 Å². The van der Waals surface area contributed by atoms with Gasteiger partial charge in [0.1, 0.15) is 0 Å². The Balaban J connectivity index is 1.42. The second-order valence-corrected chi connectivity index (χ2v) is 10.6. The fourth-order valence-corrected chi connectivity index (χ4v) is 6.47. The van der Waals surface area contributed by atoms with Crippen LogP contribution in [0, 0.1) is 6.92 Å². The van der Waals surface area contributed by atoms with Crippen LogP contribution in [0.5, 0.6) is 0 Å². The largest absolute Gasteiger partial charge is 0.310 e. The Labute approximate surface area is 197 Å². The van der Waals surface area contributed by atoms with E-state index in [4.69, 9.17) is 0 Å². The molecule has 0 aliphatic heterocycles. The highest BCUT2D eigenvalue weighted by Gasteiger charge is 2.52. The maximum atomic E-state index is 2.49. The first kappa shape index (κ1) is 20.3. The van der Waals surface area contributed by atoms with Gasteiger partial charge < -0.3 is 4.90 Å². The van der Waals surface area contributed by atoms with Crippen molar-refractivity contribution >= 4 is 17.1 Å². The summed E-state index contributed by atoms with van der Waals surface area (Å²) in [4.78, 5) is 2.35. The van der Waals surface area contributed by atoms with Crippen molar-refractivity contribution in [2.45, 2.75) is 50.9 Å². The standard InChI is InChI=1S/C32H31N/c1-23-20-24(25-14-16-28-29(21-25)32(3)19-18-31(28,2)22-32)15-17-30(23)33(26-10-6-4-7-11-26)27-12-8-5-9-13-27/h4-17,20-21H,18-19,22H2,1-3H3. The van der Waals surface area contributed by atoms with Crippen LogP contribution >= 0.6 is 0 Å². The SMILES string of the molecule is Cc1cc(-c2ccc3c(c2)C2(C)CCC3(C)C2)ccc1N(c1ccccc1)c1ccccc1. The Bertz CT molecular complexity index is 1280. The molecule has 6 rings (SSSR count). The van der Waals surface area contributed by atoms with E-state index in [0.717, 1.165) is 0 Å². The van der Waals surface area contributed by atoms with Crippen molar-refractivity contribution < 1.29 is 0 Å². The monoisotopic (exact) mass is 429 g/mol. The summed E-state index contributed by atoms with van der Waals surface area (Å²) >= 11 is 0. The zero-order valence-corrected chi connectivity index (χ0v) is 19.8. The number of fused-ring (bicyclic) bond motifs is 5. The van der Waals surface area contributed by atoms with Gasteiger partial charge in [0.15, 0.2) is 0 Å². The van der Waals surface area contributed by atoms with Crippen molar-refractivity contribution in [3.05, 3.63) is 114 Å². The fraction of sp³-hybridized carbons (Fsp3) is 0.250. The summed E-state index contributed by atoms with van der Waals surface area (Å²) in [7, 11) is 0. The molecule has 1 saturated carbocycles. The van der Waals surface area contributed by atoms with Gasteiger partial charge in [0.05, 0.1) is 0 Å². The van der Waals surface area contributed by atoms with E-state index in [1.807, 2.05) is 0 Å². The van der Waals surface area contributed by atoms with Crippen molar-refractivity contribution in [3.8, 4) is 11.1 Å². The molecule has 2 bridgehead atoms. The highest BCUT2D eigenvalue weighted by molar-refractivity contribution is 5.80. The van der Waals surface area contributed by atoms with E-state index < -0.39 is 0 Å². The molecule has 0 aromatic heterocycles. The zero-order chi connectivity index (χ0) is 22.6. The molecule has 2 unspecified atom stereocenters. The van der Waals surface area contributed by atoms with Gasteiger partial charge in [-0.1, -0.05) is 74.5 Å². The van der Waals surface area contributed by atoms with Crippen molar-refractivity contribution in [1.82, 2.24) is 0 Å². The lowest BCUT2D eigenvalue weighted by Gasteiger charge is -2.28. The van der Waals surface area contributed by atoms with Crippen LogP contribution in [0.4, 0.5) is 17.1 Å². The Morgan fingerprint density at radius 2 is 1.15 bits per heavy atom. The van der Waals surface area contributed by atoms with Gasteiger partial charge in [-0.3, -0.25) is 0 Å². The van der Waals surface area contributed by atoms with Crippen LogP contribution in [-0.4, -0.2) is 0 Å². The number of aryl methyl sites for hydroxylation is 1. The van der Waals surface area contributed by atoms with Crippen LogP contribution in [0.2, 0.25) is 0 Å². The molecule has 2 aliphatic rings. The van der Waals surface area contributed by atoms with E-state index >= 15 is 0 Å². The fourth-order valence-electron chi connectivity index (χ4n) is 6.47. The number of hydrogen-bond acceptors (Lipinski definition) is 1. The van der Waals surface area contributed by atoms with Crippen molar-refractivity contribution in [1.29, 1.82) is 0 Å². The Morgan fingerprint density at radius 3 is 1.76 bits per heavy atom. The van der Waals surface area contributed by atoms with E-state index in [1.165, 1.54) is 53.0 Å². The first-order valence-corrected chi connectivity index (χ1v) is 12.1. The average molecular weight is 430 g/mol. The summed E-state index contributed by atoms with van der Waals surface area (Å²) in [5, 5.41) is 0. The van der Waals surface area contributed by atoms with E-state index in [0.29, 0.717) is 10.8 Å². The maximum Gasteiger partial charge on any atom is 0.0491 e. The first-order chi connectivity index (χ1) is 16.0. The molecule has 0 radical (unpaired) electrons. The minimum absolute atomic E-state index is 0.354. The third kappa shape index (κ3) is 3.22. The van der Waals surface area contributed by atoms with Crippen LogP contribution < -0.4 is 4.90 Å². The molecule has 33 heavy (non-hydrogen) atoms. The van der Waals surface area contributed by atoms with E-state index in [-0.39, 0.29) is 0 Å². The second kappa shape index (κ2) is 7.35. The highest BCUT2D eigenvalue weighted by atomic mass is 15.1. The number of para-hydroxylation sites is 2. The molecule has 4 aromatic rings. The number of anilines is 3. The average Bonchev–Trinajstić information content (AvgIpc) is 3.28. The second-order valence-electron chi connectivity index (χ2n) is 10.6. The summed E-state index contributed by atoms with van der Waals surface area (Å²) in [6, 6.07) is 35.5. The third-order valence-corrected chi connectivity index (χ3v) is 8.13. The van der Waals surface area contributed by atoms with E-state index in [1.54, 1.807) is 11.1 Å². The molecule has 0 heterocycles. The summed E-state index contributed by atoms with van der Waals surface area (Å²) in [5.74, 6) is 0. The van der Waals surface area contributed by atoms with Gasteiger partial charge in [0, 0.05) is 17.1 Å². The minimum Gasteiger partial charge on any atom is -0.310 e. The van der Waals surface area contributed by atoms with Crippen LogP contribution in [0.1, 0.15) is 49.8 Å². The molecular weight excluding hydrogens is 398 g/mol. The molecule has 1 heteroatoms. The normalized spacial score (nSPS) is 22.9. The molecule has 0 saturated heterocycles. The van der Waals surface area contributed by atoms with Crippen LogP contribution in [0.15, 0.2) is 97.1 Å². The topological polar surface area (TPSA) is 3.24 Å². The molecule has 0 N–H and O–H groups in total. The van der Waals surface area contributed by atoms with Crippen LogP contribution in [-0.2, 0) is 10.8 Å². The van der Waals surface area contributed by atoms with E-state index in [2.05, 4.69) is 123 Å². The predicted molar refractivity (Wildman–Crippen MR) is 140 cm³/mol. The van der Waals surface area contributed by atoms with Gasteiger partial charge in [-0.25, -0.2) is 0 Å². The zero-order valence-electron chi connectivity index (χ0n) is 19.8. The Hall–Kier alpha value is -3.32. The van der Waals surface area contributed by atoms with Gasteiger partial charge in [-0.05, 0) is 101 Å². The minimum atomic E-state index is 0.354. The van der Waals surface area contributed by atoms with Crippen LogP contribution in [0.25, 0.3) is 11.1 Å². The number of nitrogens with zero attached hydrogens (tertiary/aromatic N) is 1. The number of rotatable bonds is 4. The maximum absolute atomic E-state index is 2.49. The van der Waals surface area contributed by atoms with E-state index in [9.17, 15) is 0 Å². The van der Waals surface area contributed by atoms with Gasteiger partial charge in [0.2, 0.25) is 0 Å². The molecule has 1 fully saturated rings. The first-order valence-electron chi connectivity index (χ1n) is 12.1. The summed E-state index contributed by atoms with van der Waals surface area (Å²) in [6.45, 7) is 7.17. The molecule has 2 aliphatic carbocycles. The predicted octanol–water partition coefficient (Wildman–Crippen LogP) is 8.84. The number of benzene rings is 4. The molecular formula is C32H31N. The molecule has 1 nitrogen and oxygen atoms in total. The third-order valence-electron chi connectivity index (χ3n) is 8.13. The molecule has 4 aromatic carbocycles. The lowest BCUT2D eigenvalue weighted by atomic mass is 9.77. The lowest BCUT2D eigenvalue weighted by Crippen LogP contribution is -2.17. The smallest absolute Gasteiger partial charge is 0.0491 e. The van der Waals surface area contributed by atoms with Gasteiger partial charge in [0.25, 0.3) is 0 Å². The summed E-state index contributed by atoms with van der Waals surface area (Å²) in [5.41, 5.74) is 11.4. The molecule has 0 amide bonds. The molecule has 0 spiro atoms. The van der Waals surface area contributed by atoms with Crippen molar-refractivity contribution in [3.63, 3.8) is 0 Å². The Morgan fingerprint density at radius 1 is 0.606 bits per heavy atom. The quantitative estimate of drug-likeness (QED) is 0.313. The van der Waals surface area contributed by atoms with Gasteiger partial charge in [-0.15, -0.1) is 0 Å². The number of hydrogen-bond donors (Lipinski definition) is 0. The van der Waals surface area contributed by atoms with Crippen molar-refractivity contribution in [2.24, 2.45) is 0 Å². The lowest BCUT2D eigenvalue weighted by molar-refractivity contribution is 0.484.